The van der Waals surface area contributed by atoms with Crippen molar-refractivity contribution in [2.75, 3.05) is 38.5 Å². The lowest BCUT2D eigenvalue weighted by molar-refractivity contribution is -0.126. The van der Waals surface area contributed by atoms with Crippen molar-refractivity contribution in [3.63, 3.8) is 0 Å². The van der Waals surface area contributed by atoms with Gasteiger partial charge in [0.05, 0.1) is 18.3 Å². The smallest absolute Gasteiger partial charge is 0.310 e. The van der Waals surface area contributed by atoms with Crippen LogP contribution in [0.1, 0.15) is 44.7 Å². The molecule has 2 N–H and O–H groups in total. The van der Waals surface area contributed by atoms with Gasteiger partial charge in [0, 0.05) is 56.0 Å². The Balaban J connectivity index is 1.64. The van der Waals surface area contributed by atoms with Gasteiger partial charge in [-0.1, -0.05) is 25.5 Å². The Kier molecular flexibility index (Phi) is 8.65. The highest BCUT2D eigenvalue weighted by molar-refractivity contribution is 8.45. The molecule has 0 aliphatic carbocycles. The van der Waals surface area contributed by atoms with Crippen LogP contribution in [0.3, 0.4) is 0 Å². The van der Waals surface area contributed by atoms with Gasteiger partial charge < -0.3 is 29.7 Å². The van der Waals surface area contributed by atoms with E-state index >= 15 is 0 Å². The number of rotatable bonds is 11. The van der Waals surface area contributed by atoms with Crippen molar-refractivity contribution < 1.29 is 38.4 Å². The predicted molar refractivity (Wildman–Crippen MR) is 147 cm³/mol. The first-order valence-corrected chi connectivity index (χ1v) is 15.3. The minimum atomic E-state index is -9.89. The number of amides is 1. The van der Waals surface area contributed by atoms with Gasteiger partial charge in [0.1, 0.15) is 17.7 Å². The number of ether oxygens (including phenoxy) is 3. The number of carbonyl (C=O) groups is 1. The number of hydrogen-bond donors (Lipinski definition) is 2. The second kappa shape index (κ2) is 11.3. The fraction of sp³-hybridized carbons (Fsp3) is 0.556. The van der Waals surface area contributed by atoms with E-state index in [1.165, 1.54) is 17.3 Å². The van der Waals surface area contributed by atoms with E-state index in [0.717, 1.165) is 12.1 Å². The number of carbonyl (C=O) groups excluding carboxylic acids is 1. The average molecular weight is 609 g/mol. The van der Waals surface area contributed by atoms with Crippen LogP contribution < -0.4 is 15.5 Å². The summed E-state index contributed by atoms with van der Waals surface area (Å²) in [5, 5.41) is 6.32. The quantitative estimate of drug-likeness (QED) is 0.250. The van der Waals surface area contributed by atoms with E-state index in [9.17, 15) is 24.2 Å². The van der Waals surface area contributed by atoms with Crippen molar-refractivity contribution in [1.82, 2.24) is 15.6 Å². The van der Waals surface area contributed by atoms with Crippen LogP contribution in [0.5, 0.6) is 0 Å². The molecule has 2 aromatic rings. The van der Waals surface area contributed by atoms with Crippen LogP contribution in [-0.4, -0.2) is 68.3 Å². The zero-order valence-corrected chi connectivity index (χ0v) is 24.0. The molecule has 0 bridgehead atoms. The number of anilines is 1. The first-order chi connectivity index (χ1) is 19.0. The molecule has 230 valence electrons. The molecule has 41 heavy (non-hydrogen) atoms. The summed E-state index contributed by atoms with van der Waals surface area (Å²) in [5.41, 5.74) is 0.106. The first kappa shape index (κ1) is 31.4. The highest BCUT2D eigenvalue weighted by Crippen LogP contribution is 3.02. The molecule has 0 spiro atoms. The number of aromatic nitrogens is 1. The fourth-order valence-corrected chi connectivity index (χ4v) is 5.87. The Hall–Kier alpha value is -2.52. The third kappa shape index (κ3) is 8.51. The van der Waals surface area contributed by atoms with E-state index in [-0.39, 0.29) is 37.2 Å². The highest BCUT2D eigenvalue weighted by atomic mass is 32.5. The minimum absolute atomic E-state index is 0.0249. The second-order valence-corrected chi connectivity index (χ2v) is 13.5. The maximum Gasteiger partial charge on any atom is 0.310 e. The molecule has 1 aromatic carbocycles. The second-order valence-electron chi connectivity index (χ2n) is 11.1. The van der Waals surface area contributed by atoms with Crippen molar-refractivity contribution in [3.05, 3.63) is 54.4 Å². The Labute approximate surface area is 236 Å². The Morgan fingerprint density at radius 3 is 2.54 bits per heavy atom. The van der Waals surface area contributed by atoms with Crippen LogP contribution in [0.15, 0.2) is 53.7 Å². The molecule has 4 atom stereocenters. The van der Waals surface area contributed by atoms with E-state index in [1.807, 2.05) is 13.8 Å². The van der Waals surface area contributed by atoms with Crippen molar-refractivity contribution in [2.24, 2.45) is 0 Å². The van der Waals surface area contributed by atoms with Gasteiger partial charge in [-0.05, 0) is 63.4 Å². The summed E-state index contributed by atoms with van der Waals surface area (Å²) in [6.45, 7) is 4.97. The van der Waals surface area contributed by atoms with Gasteiger partial charge in [-0.3, -0.25) is 9.78 Å². The molecule has 2 aliphatic heterocycles. The largest absolute Gasteiger partial charge is 0.380 e. The van der Waals surface area contributed by atoms with Gasteiger partial charge in [-0.2, -0.15) is 0 Å². The van der Waals surface area contributed by atoms with Gasteiger partial charge in [0.2, 0.25) is 5.91 Å². The Bertz CT molecular complexity index is 1190. The number of hydrogen-bond acceptors (Lipinski definition) is 7. The third-order valence-electron chi connectivity index (χ3n) is 7.28. The van der Waals surface area contributed by atoms with E-state index in [1.54, 1.807) is 19.2 Å². The minimum Gasteiger partial charge on any atom is -0.380 e. The lowest BCUT2D eigenvalue weighted by atomic mass is 9.93. The topological polar surface area (TPSA) is 85.0 Å². The Morgan fingerprint density at radius 2 is 1.95 bits per heavy atom. The average Bonchev–Trinajstić information content (AvgIpc) is 3.35. The summed E-state index contributed by atoms with van der Waals surface area (Å²) in [6.07, 6.45) is 4.87. The number of benzene rings is 1. The molecule has 2 unspecified atom stereocenters. The van der Waals surface area contributed by atoms with Gasteiger partial charge in [-0.15, -0.1) is 0 Å². The van der Waals surface area contributed by atoms with Crippen LogP contribution in [-0.2, 0) is 19.0 Å². The van der Waals surface area contributed by atoms with Crippen molar-refractivity contribution in [3.8, 4) is 0 Å². The molecule has 1 amide bonds. The van der Waals surface area contributed by atoms with Crippen LogP contribution in [0, 0.1) is 0 Å². The number of halogens is 5. The van der Waals surface area contributed by atoms with Crippen molar-refractivity contribution >= 4 is 21.8 Å². The molecular formula is C27H37F5N4O4S. The molecule has 4 rings (SSSR count). The van der Waals surface area contributed by atoms with Crippen molar-refractivity contribution in [2.45, 2.75) is 67.8 Å². The first-order valence-electron chi connectivity index (χ1n) is 13.3. The van der Waals surface area contributed by atoms with Gasteiger partial charge in [-0.25, -0.2) is 0 Å². The molecular weight excluding hydrogens is 571 g/mol. The van der Waals surface area contributed by atoms with E-state index in [0.29, 0.717) is 50.1 Å². The maximum atomic E-state index is 13.9. The van der Waals surface area contributed by atoms with Gasteiger partial charge in [0.25, 0.3) is 0 Å². The number of nitrogens with zero attached hydrogens (tertiary/aromatic N) is 2. The lowest BCUT2D eigenvalue weighted by Crippen LogP contribution is -2.50. The van der Waals surface area contributed by atoms with Crippen LogP contribution >= 0.6 is 10.2 Å². The molecule has 3 heterocycles. The maximum absolute atomic E-state index is 13.9. The Morgan fingerprint density at radius 1 is 1.22 bits per heavy atom. The van der Waals surface area contributed by atoms with Gasteiger partial charge in [0.15, 0.2) is 0 Å². The lowest BCUT2D eigenvalue weighted by Gasteiger charge is -2.41. The zero-order valence-electron chi connectivity index (χ0n) is 23.2. The SMILES string of the molecule is CO[C@H]1CN[C@@H](COCN(c2ccc(S(F)(F)(F)(F)F)cc2)C(C(=O)NC2CCOC(C)(C)C2)c2cccnc2)C1. The standard InChI is InChI=1S/C27H37F5N4O4S/c1-27(2)14-20(10-12-40-27)35-26(37)25(19-5-4-11-33-15-19)36(18-39-17-21-13-23(38-3)16-34-21)22-6-8-24(9-7-22)41(28,29,30,31)32/h4-9,11,15,20-21,23,25,34H,10,12-14,16-18H2,1-3H3,(H,35,37)/t20?,21-,23-,25?/m1/s1. The molecule has 2 fully saturated rings. The van der Waals surface area contributed by atoms with Gasteiger partial charge >= 0.3 is 10.2 Å². The number of methoxy groups -OCH3 is 1. The molecule has 0 saturated carbocycles. The van der Waals surface area contributed by atoms with Crippen LogP contribution in [0.2, 0.25) is 0 Å². The summed E-state index contributed by atoms with van der Waals surface area (Å²) in [6, 6.07) is 4.52. The summed E-state index contributed by atoms with van der Waals surface area (Å²) in [5.74, 6) is -0.431. The number of pyridine rings is 1. The summed E-state index contributed by atoms with van der Waals surface area (Å²) >= 11 is 0. The fourth-order valence-electron chi connectivity index (χ4n) is 5.22. The monoisotopic (exact) mass is 608 g/mol. The van der Waals surface area contributed by atoms with E-state index in [4.69, 9.17) is 14.2 Å². The summed E-state index contributed by atoms with van der Waals surface area (Å²) in [7, 11) is -8.28. The zero-order chi connectivity index (χ0) is 30.0. The molecule has 2 saturated heterocycles. The molecule has 8 nitrogen and oxygen atoms in total. The summed E-state index contributed by atoms with van der Waals surface area (Å²) in [4.78, 5) is 17.4. The summed E-state index contributed by atoms with van der Waals surface area (Å²) < 4.78 is 84.3. The molecule has 1 aromatic heterocycles. The molecule has 2 aliphatic rings. The highest BCUT2D eigenvalue weighted by Gasteiger charge is 2.65. The molecule has 0 radical (unpaired) electrons. The van der Waals surface area contributed by atoms with Crippen molar-refractivity contribution in [1.29, 1.82) is 0 Å². The third-order valence-corrected chi connectivity index (χ3v) is 8.44. The number of nitrogens with one attached hydrogen (secondary N) is 2. The normalized spacial score (nSPS) is 25.1. The molecule has 14 heteroatoms. The predicted octanol–water partition coefficient (Wildman–Crippen LogP) is 5.71. The van der Waals surface area contributed by atoms with Crippen LogP contribution in [0.4, 0.5) is 25.1 Å². The van der Waals surface area contributed by atoms with E-state index in [2.05, 4.69) is 15.6 Å². The van der Waals surface area contributed by atoms with E-state index < -0.39 is 32.7 Å². The van der Waals surface area contributed by atoms with Crippen LogP contribution in [0.25, 0.3) is 0 Å².